The molecule has 1 heterocycles. The number of nitrogens with one attached hydrogen (secondary N) is 1. The van der Waals surface area contributed by atoms with Crippen LogP contribution >= 0.6 is 0 Å². The van der Waals surface area contributed by atoms with Crippen LogP contribution in [-0.4, -0.2) is 13.2 Å². The molecule has 0 aromatic heterocycles. The summed E-state index contributed by atoms with van der Waals surface area (Å²) in [4.78, 5) is 0. The summed E-state index contributed by atoms with van der Waals surface area (Å²) in [6.07, 6.45) is 4.94. The molecule has 1 N–H and O–H groups in total. The lowest BCUT2D eigenvalue weighted by Gasteiger charge is -2.24. The normalized spacial score (nSPS) is 16.9. The Morgan fingerprint density at radius 2 is 2.33 bits per heavy atom. The zero-order chi connectivity index (χ0) is 12.8. The number of ether oxygens (including phenoxy) is 1. The molecule has 0 saturated heterocycles. The Labute approximate surface area is 108 Å². The van der Waals surface area contributed by atoms with Crippen LogP contribution in [0.25, 0.3) is 0 Å². The van der Waals surface area contributed by atoms with Gasteiger partial charge in [-0.05, 0) is 49.1 Å². The molecule has 3 heteroatoms. The second-order valence-electron chi connectivity index (χ2n) is 4.61. The lowest BCUT2D eigenvalue weighted by molar-refractivity contribution is 0.219. The zero-order valence-corrected chi connectivity index (χ0v) is 10.8. The van der Waals surface area contributed by atoms with Crippen LogP contribution < -0.4 is 5.32 Å². The van der Waals surface area contributed by atoms with E-state index < -0.39 is 0 Å². The van der Waals surface area contributed by atoms with Gasteiger partial charge >= 0.3 is 0 Å². The molecule has 0 saturated carbocycles. The second kappa shape index (κ2) is 6.55. The van der Waals surface area contributed by atoms with Gasteiger partial charge in [-0.15, -0.1) is 0 Å². The topological polar surface area (TPSA) is 21.3 Å². The fourth-order valence-corrected chi connectivity index (χ4v) is 2.23. The lowest BCUT2D eigenvalue weighted by atomic mass is 9.95. The highest BCUT2D eigenvalue weighted by Crippen LogP contribution is 2.28. The van der Waals surface area contributed by atoms with E-state index in [0.29, 0.717) is 0 Å². The Hall–Kier alpha value is -1.35. The molecule has 0 radical (unpaired) electrons. The first-order chi connectivity index (χ1) is 8.81. The second-order valence-corrected chi connectivity index (χ2v) is 4.61. The van der Waals surface area contributed by atoms with Gasteiger partial charge in [-0.2, -0.15) is 0 Å². The van der Waals surface area contributed by atoms with Crippen LogP contribution in [0.2, 0.25) is 0 Å². The average molecular weight is 249 g/mol. The van der Waals surface area contributed by atoms with E-state index >= 15 is 0 Å². The Morgan fingerprint density at radius 1 is 1.44 bits per heavy atom. The molecule has 1 aromatic carbocycles. The molecule has 1 aromatic rings. The van der Waals surface area contributed by atoms with Crippen molar-refractivity contribution in [1.29, 1.82) is 0 Å². The monoisotopic (exact) mass is 249 g/mol. The van der Waals surface area contributed by atoms with Crippen LogP contribution in [0.15, 0.2) is 36.1 Å². The zero-order valence-electron chi connectivity index (χ0n) is 10.8. The molecular weight excluding hydrogens is 229 g/mol. The number of halogens is 1. The van der Waals surface area contributed by atoms with Gasteiger partial charge < -0.3 is 10.1 Å². The summed E-state index contributed by atoms with van der Waals surface area (Å²) in [5, 5.41) is 3.47. The SMILES string of the molecule is CCCNC(C1=COCCC1)c1cccc(F)c1. The minimum Gasteiger partial charge on any atom is -0.501 e. The van der Waals surface area contributed by atoms with Crippen LogP contribution in [-0.2, 0) is 4.74 Å². The van der Waals surface area contributed by atoms with Crippen LogP contribution in [0.1, 0.15) is 37.8 Å². The predicted molar refractivity (Wildman–Crippen MR) is 70.7 cm³/mol. The van der Waals surface area contributed by atoms with Gasteiger partial charge in [0.2, 0.25) is 0 Å². The van der Waals surface area contributed by atoms with Crippen LogP contribution in [0, 0.1) is 5.82 Å². The quantitative estimate of drug-likeness (QED) is 0.861. The largest absolute Gasteiger partial charge is 0.501 e. The Kier molecular flexibility index (Phi) is 4.76. The Bertz CT molecular complexity index is 417. The van der Waals surface area contributed by atoms with Crippen molar-refractivity contribution in [2.75, 3.05) is 13.2 Å². The van der Waals surface area contributed by atoms with E-state index in [1.807, 2.05) is 12.3 Å². The molecule has 1 aliphatic heterocycles. The summed E-state index contributed by atoms with van der Waals surface area (Å²) in [7, 11) is 0. The molecule has 1 aliphatic rings. The van der Waals surface area contributed by atoms with E-state index in [1.165, 1.54) is 11.6 Å². The predicted octanol–water partition coefficient (Wildman–Crippen LogP) is 3.56. The molecule has 0 aliphatic carbocycles. The first-order valence-electron chi connectivity index (χ1n) is 6.60. The molecule has 1 unspecified atom stereocenters. The maximum absolute atomic E-state index is 13.3. The van der Waals surface area contributed by atoms with Crippen molar-refractivity contribution < 1.29 is 9.13 Å². The summed E-state index contributed by atoms with van der Waals surface area (Å²) < 4.78 is 18.7. The van der Waals surface area contributed by atoms with Crippen LogP contribution in [0.5, 0.6) is 0 Å². The van der Waals surface area contributed by atoms with Crippen molar-refractivity contribution in [1.82, 2.24) is 5.32 Å². The van der Waals surface area contributed by atoms with Gasteiger partial charge in [-0.1, -0.05) is 19.1 Å². The fraction of sp³-hybridized carbons (Fsp3) is 0.467. The van der Waals surface area contributed by atoms with E-state index in [1.54, 1.807) is 12.1 Å². The molecular formula is C15H20FNO. The molecule has 98 valence electrons. The van der Waals surface area contributed by atoms with Gasteiger partial charge in [0, 0.05) is 0 Å². The van der Waals surface area contributed by atoms with Crippen molar-refractivity contribution in [2.24, 2.45) is 0 Å². The van der Waals surface area contributed by atoms with E-state index in [2.05, 4.69) is 12.2 Å². The standard InChI is InChI=1S/C15H20FNO/c1-2-8-17-15(13-6-4-9-18-11-13)12-5-3-7-14(16)10-12/h3,5,7,10-11,15,17H,2,4,6,8-9H2,1H3. The van der Waals surface area contributed by atoms with Crippen molar-refractivity contribution in [2.45, 2.75) is 32.2 Å². The highest BCUT2D eigenvalue weighted by Gasteiger charge is 2.18. The van der Waals surface area contributed by atoms with E-state index in [4.69, 9.17) is 4.74 Å². The first-order valence-corrected chi connectivity index (χ1v) is 6.60. The molecule has 18 heavy (non-hydrogen) atoms. The van der Waals surface area contributed by atoms with Gasteiger partial charge in [0.05, 0.1) is 18.9 Å². The highest BCUT2D eigenvalue weighted by atomic mass is 19.1. The number of rotatable bonds is 5. The van der Waals surface area contributed by atoms with E-state index in [0.717, 1.165) is 38.0 Å². The number of hydrogen-bond donors (Lipinski definition) is 1. The molecule has 0 fully saturated rings. The van der Waals surface area contributed by atoms with Gasteiger partial charge in [0.15, 0.2) is 0 Å². The molecule has 0 bridgehead atoms. The molecule has 0 amide bonds. The van der Waals surface area contributed by atoms with Crippen molar-refractivity contribution in [3.8, 4) is 0 Å². The Morgan fingerprint density at radius 3 is 3.00 bits per heavy atom. The first kappa shape index (κ1) is 13.1. The minimum absolute atomic E-state index is 0.0703. The maximum Gasteiger partial charge on any atom is 0.123 e. The van der Waals surface area contributed by atoms with Gasteiger partial charge in [0.1, 0.15) is 5.82 Å². The van der Waals surface area contributed by atoms with Crippen LogP contribution in [0.4, 0.5) is 4.39 Å². The number of benzene rings is 1. The maximum atomic E-state index is 13.3. The van der Waals surface area contributed by atoms with Crippen LogP contribution in [0.3, 0.4) is 0 Å². The molecule has 0 spiro atoms. The minimum atomic E-state index is -0.187. The summed E-state index contributed by atoms with van der Waals surface area (Å²) >= 11 is 0. The average Bonchev–Trinajstić information content (AvgIpc) is 2.40. The summed E-state index contributed by atoms with van der Waals surface area (Å²) in [5.74, 6) is -0.187. The van der Waals surface area contributed by atoms with Crippen molar-refractivity contribution >= 4 is 0 Å². The van der Waals surface area contributed by atoms with Gasteiger partial charge in [-0.3, -0.25) is 0 Å². The van der Waals surface area contributed by atoms with Gasteiger partial charge in [-0.25, -0.2) is 4.39 Å². The Balaban J connectivity index is 2.21. The molecule has 2 rings (SSSR count). The molecule has 2 nitrogen and oxygen atoms in total. The van der Waals surface area contributed by atoms with Crippen molar-refractivity contribution in [3.05, 3.63) is 47.5 Å². The third-order valence-corrected chi connectivity index (χ3v) is 3.11. The van der Waals surface area contributed by atoms with E-state index in [9.17, 15) is 4.39 Å². The molecule has 1 atom stereocenters. The third-order valence-electron chi connectivity index (χ3n) is 3.11. The third kappa shape index (κ3) is 3.33. The van der Waals surface area contributed by atoms with E-state index in [-0.39, 0.29) is 11.9 Å². The lowest BCUT2D eigenvalue weighted by Crippen LogP contribution is -2.25. The number of hydrogen-bond acceptors (Lipinski definition) is 2. The smallest absolute Gasteiger partial charge is 0.123 e. The summed E-state index contributed by atoms with van der Waals surface area (Å²) in [5.41, 5.74) is 2.18. The summed E-state index contributed by atoms with van der Waals surface area (Å²) in [6.45, 7) is 3.83. The summed E-state index contributed by atoms with van der Waals surface area (Å²) in [6, 6.07) is 6.87. The van der Waals surface area contributed by atoms with Crippen molar-refractivity contribution in [3.63, 3.8) is 0 Å². The fourth-order valence-electron chi connectivity index (χ4n) is 2.23. The van der Waals surface area contributed by atoms with Gasteiger partial charge in [0.25, 0.3) is 0 Å². The highest BCUT2D eigenvalue weighted by molar-refractivity contribution is 5.28.